The summed E-state index contributed by atoms with van der Waals surface area (Å²) in [5.74, 6) is -0.460. The molecule has 0 bridgehead atoms. The lowest BCUT2D eigenvalue weighted by Gasteiger charge is -2.41. The van der Waals surface area contributed by atoms with E-state index in [-0.39, 0.29) is 17.7 Å². The molecule has 0 aromatic rings. The summed E-state index contributed by atoms with van der Waals surface area (Å²) in [6, 6.07) is 0. The van der Waals surface area contributed by atoms with Gasteiger partial charge in [-0.3, -0.25) is 9.59 Å². The first-order valence-electron chi connectivity index (χ1n) is 7.91. The van der Waals surface area contributed by atoms with Crippen molar-refractivity contribution in [2.75, 3.05) is 6.54 Å². The topological polar surface area (TPSA) is 92.4 Å². The molecule has 0 aliphatic heterocycles. The Morgan fingerprint density at radius 1 is 1.29 bits per heavy atom. The number of carbonyl (C=O) groups is 2. The number of nitrogens with one attached hydrogen (secondary N) is 1. The first-order chi connectivity index (χ1) is 9.68. The van der Waals surface area contributed by atoms with Gasteiger partial charge in [0.15, 0.2) is 0 Å². The molecule has 0 saturated heterocycles. The van der Waals surface area contributed by atoms with E-state index in [1.807, 2.05) is 0 Å². The highest BCUT2D eigenvalue weighted by Gasteiger charge is 2.40. The quantitative estimate of drug-likeness (QED) is 0.641. The van der Waals surface area contributed by atoms with Crippen molar-refractivity contribution in [1.82, 2.24) is 5.32 Å². The molecule has 1 fully saturated rings. The molecule has 0 spiro atoms. The van der Waals surface area contributed by atoms with Crippen LogP contribution in [0.4, 0.5) is 0 Å². The van der Waals surface area contributed by atoms with Gasteiger partial charge in [-0.15, -0.1) is 0 Å². The maximum atomic E-state index is 12.1. The molecule has 0 aromatic carbocycles. The lowest BCUT2D eigenvalue weighted by Crippen LogP contribution is -2.54. The van der Waals surface area contributed by atoms with Gasteiger partial charge in [-0.1, -0.05) is 20.8 Å². The van der Waals surface area contributed by atoms with Crippen molar-refractivity contribution in [2.45, 2.75) is 71.3 Å². The molecule has 122 valence electrons. The van der Waals surface area contributed by atoms with Gasteiger partial charge < -0.3 is 16.2 Å². The molecule has 0 heterocycles. The SMILES string of the molecule is CC(C)(C)C(CCN)CCC(=O)NC1(CC(=O)O)CCC1. The summed E-state index contributed by atoms with van der Waals surface area (Å²) in [6.45, 7) is 7.14. The monoisotopic (exact) mass is 298 g/mol. The molecule has 21 heavy (non-hydrogen) atoms. The molecule has 1 atom stereocenters. The van der Waals surface area contributed by atoms with Crippen LogP contribution < -0.4 is 11.1 Å². The zero-order valence-corrected chi connectivity index (χ0v) is 13.6. The molecular weight excluding hydrogens is 268 g/mol. The molecule has 0 aromatic heterocycles. The number of amides is 1. The summed E-state index contributed by atoms with van der Waals surface area (Å²) >= 11 is 0. The van der Waals surface area contributed by atoms with Gasteiger partial charge in [0.05, 0.1) is 12.0 Å². The molecular formula is C16H30N2O3. The van der Waals surface area contributed by atoms with E-state index in [0.717, 1.165) is 32.1 Å². The fourth-order valence-electron chi connectivity index (χ4n) is 3.11. The highest BCUT2D eigenvalue weighted by molar-refractivity contribution is 5.78. The number of carbonyl (C=O) groups excluding carboxylic acids is 1. The van der Waals surface area contributed by atoms with Crippen molar-refractivity contribution in [3.05, 3.63) is 0 Å². The second-order valence-corrected chi connectivity index (χ2v) is 7.43. The summed E-state index contributed by atoms with van der Waals surface area (Å²) in [6.07, 6.45) is 4.73. The Balaban J connectivity index is 2.47. The van der Waals surface area contributed by atoms with Gasteiger partial charge in [0.1, 0.15) is 0 Å². The second kappa shape index (κ2) is 7.25. The van der Waals surface area contributed by atoms with E-state index in [2.05, 4.69) is 26.1 Å². The predicted octanol–water partition coefficient (Wildman–Crippen LogP) is 2.29. The molecule has 0 radical (unpaired) electrons. The Bertz CT molecular complexity index is 370. The van der Waals surface area contributed by atoms with Crippen LogP contribution in [0.15, 0.2) is 0 Å². The lowest BCUT2D eigenvalue weighted by molar-refractivity contribution is -0.140. The van der Waals surface area contributed by atoms with Crippen molar-refractivity contribution in [3.8, 4) is 0 Å². The fourth-order valence-corrected chi connectivity index (χ4v) is 3.11. The predicted molar refractivity (Wildman–Crippen MR) is 82.8 cm³/mol. The molecule has 1 unspecified atom stereocenters. The second-order valence-electron chi connectivity index (χ2n) is 7.43. The van der Waals surface area contributed by atoms with Crippen molar-refractivity contribution in [3.63, 3.8) is 0 Å². The third-order valence-corrected chi connectivity index (χ3v) is 4.66. The molecule has 5 heteroatoms. The van der Waals surface area contributed by atoms with Crippen LogP contribution >= 0.6 is 0 Å². The number of carboxylic acids is 1. The number of rotatable bonds is 8. The van der Waals surface area contributed by atoms with Crippen molar-refractivity contribution >= 4 is 11.9 Å². The Kier molecular flexibility index (Phi) is 6.20. The highest BCUT2D eigenvalue weighted by Crippen LogP contribution is 2.36. The first kappa shape index (κ1) is 18.0. The molecule has 1 aliphatic carbocycles. The lowest BCUT2D eigenvalue weighted by atomic mass is 9.73. The van der Waals surface area contributed by atoms with Crippen molar-refractivity contribution in [1.29, 1.82) is 0 Å². The summed E-state index contributed by atoms with van der Waals surface area (Å²) in [7, 11) is 0. The van der Waals surface area contributed by atoms with Crippen LogP contribution in [0.5, 0.6) is 0 Å². The minimum atomic E-state index is -0.842. The highest BCUT2D eigenvalue weighted by atomic mass is 16.4. The standard InChI is InChI=1S/C16H30N2O3/c1-15(2,3)12(7-10-17)5-6-13(19)18-16(8-4-9-16)11-14(20)21/h12H,4-11,17H2,1-3H3,(H,18,19)(H,20,21). The molecule has 4 N–H and O–H groups in total. The van der Waals surface area contributed by atoms with Gasteiger partial charge >= 0.3 is 5.97 Å². The summed E-state index contributed by atoms with van der Waals surface area (Å²) in [5, 5.41) is 11.9. The number of hydrogen-bond acceptors (Lipinski definition) is 3. The Morgan fingerprint density at radius 2 is 1.90 bits per heavy atom. The molecule has 1 amide bonds. The zero-order valence-electron chi connectivity index (χ0n) is 13.6. The van der Waals surface area contributed by atoms with Crippen LogP contribution in [0.3, 0.4) is 0 Å². The molecule has 1 aliphatic rings. The van der Waals surface area contributed by atoms with E-state index in [4.69, 9.17) is 10.8 Å². The number of hydrogen-bond donors (Lipinski definition) is 3. The Hall–Kier alpha value is -1.10. The third-order valence-electron chi connectivity index (χ3n) is 4.66. The van der Waals surface area contributed by atoms with E-state index in [0.29, 0.717) is 18.9 Å². The van der Waals surface area contributed by atoms with Gasteiger partial charge in [0.2, 0.25) is 5.91 Å². The van der Waals surface area contributed by atoms with Crippen molar-refractivity contribution < 1.29 is 14.7 Å². The number of nitrogens with two attached hydrogens (primary N) is 1. The van der Waals surface area contributed by atoms with E-state index in [9.17, 15) is 9.59 Å². The van der Waals surface area contributed by atoms with Gasteiger partial charge in [-0.05, 0) is 50.0 Å². The number of carboxylic acid groups (broad SMARTS) is 1. The van der Waals surface area contributed by atoms with Gasteiger partial charge in [0.25, 0.3) is 0 Å². The number of aliphatic carboxylic acids is 1. The van der Waals surface area contributed by atoms with Crippen LogP contribution in [-0.4, -0.2) is 29.1 Å². The minimum absolute atomic E-state index is 0.0257. The van der Waals surface area contributed by atoms with E-state index >= 15 is 0 Å². The van der Waals surface area contributed by atoms with Crippen LogP contribution in [0, 0.1) is 11.3 Å². The summed E-state index contributed by atoms with van der Waals surface area (Å²) < 4.78 is 0. The van der Waals surface area contributed by atoms with Crippen LogP contribution in [-0.2, 0) is 9.59 Å². The van der Waals surface area contributed by atoms with Crippen molar-refractivity contribution in [2.24, 2.45) is 17.1 Å². The molecule has 1 saturated carbocycles. The summed E-state index contributed by atoms with van der Waals surface area (Å²) in [4.78, 5) is 23.0. The maximum absolute atomic E-state index is 12.1. The smallest absolute Gasteiger partial charge is 0.305 e. The van der Waals surface area contributed by atoms with E-state index < -0.39 is 11.5 Å². The summed E-state index contributed by atoms with van der Waals surface area (Å²) in [5.41, 5.74) is 5.30. The molecule has 1 rings (SSSR count). The minimum Gasteiger partial charge on any atom is -0.481 e. The van der Waals surface area contributed by atoms with Crippen LogP contribution in [0.2, 0.25) is 0 Å². The first-order valence-corrected chi connectivity index (χ1v) is 7.91. The normalized spacial score (nSPS) is 18.7. The fraction of sp³-hybridized carbons (Fsp3) is 0.875. The third kappa shape index (κ3) is 5.65. The maximum Gasteiger partial charge on any atom is 0.305 e. The van der Waals surface area contributed by atoms with Gasteiger partial charge in [-0.25, -0.2) is 0 Å². The van der Waals surface area contributed by atoms with Crippen LogP contribution in [0.1, 0.15) is 65.7 Å². The average molecular weight is 298 g/mol. The zero-order chi connectivity index (χ0) is 16.1. The van der Waals surface area contributed by atoms with E-state index in [1.54, 1.807) is 0 Å². The Labute approximate surface area is 127 Å². The van der Waals surface area contributed by atoms with Gasteiger partial charge in [0, 0.05) is 6.42 Å². The van der Waals surface area contributed by atoms with Gasteiger partial charge in [-0.2, -0.15) is 0 Å². The molecule has 5 nitrogen and oxygen atoms in total. The average Bonchev–Trinajstić information content (AvgIpc) is 2.29. The van der Waals surface area contributed by atoms with E-state index in [1.165, 1.54) is 0 Å². The van der Waals surface area contributed by atoms with Crippen LogP contribution in [0.25, 0.3) is 0 Å². The Morgan fingerprint density at radius 3 is 2.29 bits per heavy atom. The largest absolute Gasteiger partial charge is 0.481 e.